The van der Waals surface area contributed by atoms with Crippen molar-refractivity contribution in [1.82, 2.24) is 5.32 Å². The highest BCUT2D eigenvalue weighted by molar-refractivity contribution is 6.36. The van der Waals surface area contributed by atoms with E-state index in [0.29, 0.717) is 32.5 Å². The largest absolute Gasteiger partial charge is 0.491 e. The average Bonchev–Trinajstić information content (AvgIpc) is 2.82. The molecule has 1 amide bonds. The van der Waals surface area contributed by atoms with Crippen LogP contribution in [-0.2, 0) is 4.79 Å². The van der Waals surface area contributed by atoms with Crippen molar-refractivity contribution in [3.63, 3.8) is 0 Å². The van der Waals surface area contributed by atoms with Crippen LogP contribution in [0.2, 0.25) is 10.0 Å². The number of amides is 1. The molecule has 0 aliphatic carbocycles. The average molecular weight is 533 g/mol. The van der Waals surface area contributed by atoms with Crippen molar-refractivity contribution < 1.29 is 23.8 Å². The van der Waals surface area contributed by atoms with Gasteiger partial charge in [0.15, 0.2) is 0 Å². The molecule has 3 aromatic carbocycles. The van der Waals surface area contributed by atoms with Crippen LogP contribution in [0.15, 0.2) is 60.7 Å². The smallest absolute Gasteiger partial charge is 0.305 e. The Morgan fingerprint density at radius 2 is 1.69 bits per heavy atom. The predicted molar refractivity (Wildman–Crippen MR) is 141 cm³/mol. The van der Waals surface area contributed by atoms with Gasteiger partial charge in [-0.3, -0.25) is 9.59 Å². The summed E-state index contributed by atoms with van der Waals surface area (Å²) in [6.07, 6.45) is -0.136. The van der Waals surface area contributed by atoms with Gasteiger partial charge in [0.25, 0.3) is 5.91 Å². The molecule has 0 aliphatic heterocycles. The Bertz CT molecular complexity index is 1220. The maximum absolute atomic E-state index is 14.8. The van der Waals surface area contributed by atoms with Crippen LogP contribution in [0.1, 0.15) is 30.6 Å². The van der Waals surface area contributed by atoms with E-state index in [1.807, 2.05) is 13.8 Å². The molecule has 190 valence electrons. The molecular weight excluding hydrogens is 506 g/mol. The molecule has 3 N–H and O–H groups in total. The lowest BCUT2D eigenvalue weighted by atomic mass is 10.0. The Hall–Kier alpha value is -3.29. The molecule has 0 heterocycles. The van der Waals surface area contributed by atoms with Crippen molar-refractivity contribution >= 4 is 40.8 Å². The van der Waals surface area contributed by atoms with Gasteiger partial charge in [0.1, 0.15) is 18.2 Å². The van der Waals surface area contributed by atoms with Crippen molar-refractivity contribution in [3.8, 4) is 16.9 Å². The molecule has 0 spiro atoms. The maximum atomic E-state index is 14.8. The third kappa shape index (κ3) is 7.60. The summed E-state index contributed by atoms with van der Waals surface area (Å²) in [7, 11) is 0. The van der Waals surface area contributed by atoms with Gasteiger partial charge < -0.3 is 20.5 Å². The second-order valence-electron chi connectivity index (χ2n) is 8.55. The molecule has 9 heteroatoms. The van der Waals surface area contributed by atoms with E-state index < -0.39 is 11.8 Å². The molecule has 3 rings (SSSR count). The first-order valence-electron chi connectivity index (χ1n) is 11.4. The standard InChI is InChI=1S/C27H27Cl2FN2O4/c1-16(2)25(32-19-6-3-17(4-7-19)27(35)31-12-11-26(33)34)15-36-20-8-10-22(24(30)14-20)21-9-5-18(28)13-23(21)29/h3-10,13-14,16,25,32H,11-12,15H2,1-2H3,(H,31,35)(H,33,34). The molecule has 6 nitrogen and oxygen atoms in total. The van der Waals surface area contributed by atoms with Crippen LogP contribution in [0.25, 0.3) is 11.1 Å². The minimum Gasteiger partial charge on any atom is -0.491 e. The molecule has 0 aliphatic rings. The molecule has 0 saturated carbocycles. The minimum atomic E-state index is -0.971. The number of ether oxygens (including phenoxy) is 1. The van der Waals surface area contributed by atoms with Crippen molar-refractivity contribution in [3.05, 3.63) is 82.1 Å². The Labute approximate surface area is 219 Å². The molecule has 0 fully saturated rings. The minimum absolute atomic E-state index is 0.0647. The highest BCUT2D eigenvalue weighted by Crippen LogP contribution is 2.33. The van der Waals surface area contributed by atoms with Crippen LogP contribution in [0.5, 0.6) is 5.75 Å². The number of carbonyl (C=O) groups excluding carboxylic acids is 1. The van der Waals surface area contributed by atoms with Crippen LogP contribution in [0, 0.1) is 11.7 Å². The van der Waals surface area contributed by atoms with Gasteiger partial charge in [0.2, 0.25) is 0 Å². The lowest BCUT2D eigenvalue weighted by Gasteiger charge is -2.24. The number of anilines is 1. The van der Waals surface area contributed by atoms with E-state index in [0.717, 1.165) is 5.69 Å². The fourth-order valence-corrected chi connectivity index (χ4v) is 3.93. The van der Waals surface area contributed by atoms with Crippen molar-refractivity contribution in [1.29, 1.82) is 0 Å². The normalized spacial score (nSPS) is 11.7. The Kier molecular flexibility index (Phi) is 9.56. The highest BCUT2D eigenvalue weighted by atomic mass is 35.5. The zero-order valence-corrected chi connectivity index (χ0v) is 21.4. The lowest BCUT2D eigenvalue weighted by Crippen LogP contribution is -2.32. The molecule has 0 aromatic heterocycles. The number of rotatable bonds is 11. The zero-order valence-electron chi connectivity index (χ0n) is 19.9. The number of carboxylic acids is 1. The summed E-state index contributed by atoms with van der Waals surface area (Å²) in [5.41, 5.74) is 2.12. The van der Waals surface area contributed by atoms with Gasteiger partial charge in [0.05, 0.1) is 12.5 Å². The quantitative estimate of drug-likeness (QED) is 0.261. The third-order valence-corrected chi connectivity index (χ3v) is 6.07. The van der Waals surface area contributed by atoms with Crippen molar-refractivity contribution in [2.75, 3.05) is 18.5 Å². The van der Waals surface area contributed by atoms with E-state index in [-0.39, 0.29) is 37.4 Å². The van der Waals surface area contributed by atoms with E-state index in [1.54, 1.807) is 54.6 Å². The second-order valence-corrected chi connectivity index (χ2v) is 9.39. The number of hydrogen-bond donors (Lipinski definition) is 3. The van der Waals surface area contributed by atoms with Crippen LogP contribution in [0.3, 0.4) is 0 Å². The van der Waals surface area contributed by atoms with Gasteiger partial charge in [-0.15, -0.1) is 0 Å². The third-order valence-electron chi connectivity index (χ3n) is 5.52. The number of aliphatic carboxylic acids is 1. The monoisotopic (exact) mass is 532 g/mol. The number of benzene rings is 3. The number of carbonyl (C=O) groups is 2. The van der Waals surface area contributed by atoms with Gasteiger partial charge in [-0.2, -0.15) is 0 Å². The van der Waals surface area contributed by atoms with E-state index in [9.17, 15) is 14.0 Å². The number of hydrogen-bond acceptors (Lipinski definition) is 4. The van der Waals surface area contributed by atoms with Crippen LogP contribution < -0.4 is 15.4 Å². The van der Waals surface area contributed by atoms with E-state index >= 15 is 0 Å². The Morgan fingerprint density at radius 1 is 1.00 bits per heavy atom. The summed E-state index contributed by atoms with van der Waals surface area (Å²) < 4.78 is 20.7. The highest BCUT2D eigenvalue weighted by Gasteiger charge is 2.16. The first-order valence-corrected chi connectivity index (χ1v) is 12.1. The van der Waals surface area contributed by atoms with Gasteiger partial charge in [-0.1, -0.05) is 43.1 Å². The summed E-state index contributed by atoms with van der Waals surface area (Å²) in [6.45, 7) is 4.43. The van der Waals surface area contributed by atoms with E-state index in [2.05, 4.69) is 10.6 Å². The zero-order chi connectivity index (χ0) is 26.2. The van der Waals surface area contributed by atoms with Gasteiger partial charge in [0, 0.05) is 45.0 Å². The van der Waals surface area contributed by atoms with Crippen molar-refractivity contribution in [2.45, 2.75) is 26.3 Å². The number of carboxylic acid groups (broad SMARTS) is 1. The predicted octanol–water partition coefficient (Wildman–Crippen LogP) is 6.52. The van der Waals surface area contributed by atoms with Crippen LogP contribution in [0.4, 0.5) is 10.1 Å². The molecule has 0 bridgehead atoms. The van der Waals surface area contributed by atoms with E-state index in [1.165, 1.54) is 6.07 Å². The second kappa shape index (κ2) is 12.6. The number of nitrogens with one attached hydrogen (secondary N) is 2. The molecule has 0 radical (unpaired) electrons. The summed E-state index contributed by atoms with van der Waals surface area (Å²) in [5.74, 6) is -1.18. The maximum Gasteiger partial charge on any atom is 0.305 e. The van der Waals surface area contributed by atoms with Crippen LogP contribution >= 0.6 is 23.2 Å². The summed E-state index contributed by atoms with van der Waals surface area (Å²) >= 11 is 12.2. The summed E-state index contributed by atoms with van der Waals surface area (Å²) in [5, 5.41) is 15.5. The molecule has 0 saturated heterocycles. The Morgan fingerprint density at radius 3 is 2.31 bits per heavy atom. The van der Waals surface area contributed by atoms with Gasteiger partial charge in [-0.05, 0) is 54.4 Å². The Balaban J connectivity index is 1.61. The lowest BCUT2D eigenvalue weighted by molar-refractivity contribution is -0.136. The molecular formula is C27H27Cl2FN2O4. The molecule has 1 unspecified atom stereocenters. The molecule has 3 aromatic rings. The first kappa shape index (κ1) is 27.3. The number of halogens is 3. The summed E-state index contributed by atoms with van der Waals surface area (Å²) in [6, 6.07) is 16.3. The topological polar surface area (TPSA) is 87.7 Å². The van der Waals surface area contributed by atoms with E-state index in [4.69, 9.17) is 33.0 Å². The fraction of sp³-hybridized carbons (Fsp3) is 0.259. The first-order chi connectivity index (χ1) is 17.1. The molecule has 36 heavy (non-hydrogen) atoms. The summed E-state index contributed by atoms with van der Waals surface area (Å²) in [4.78, 5) is 22.7. The van der Waals surface area contributed by atoms with Gasteiger partial charge in [-0.25, -0.2) is 4.39 Å². The fourth-order valence-electron chi connectivity index (χ4n) is 3.42. The van der Waals surface area contributed by atoms with Crippen LogP contribution in [-0.4, -0.2) is 36.2 Å². The van der Waals surface area contributed by atoms with Gasteiger partial charge >= 0.3 is 5.97 Å². The SMILES string of the molecule is CC(C)C(COc1ccc(-c2ccc(Cl)cc2Cl)c(F)c1)Nc1ccc(C(=O)NCCC(=O)O)cc1. The van der Waals surface area contributed by atoms with Crippen molar-refractivity contribution in [2.24, 2.45) is 5.92 Å². The molecule has 1 atom stereocenters.